The van der Waals surface area contributed by atoms with Gasteiger partial charge in [0.05, 0.1) is 0 Å². The van der Waals surface area contributed by atoms with E-state index in [0.29, 0.717) is 6.04 Å². The summed E-state index contributed by atoms with van der Waals surface area (Å²) in [5, 5.41) is 3.56. The largest absolute Gasteiger partial charge is 0.382 e. The van der Waals surface area contributed by atoms with Gasteiger partial charge in [0.25, 0.3) is 0 Å². The van der Waals surface area contributed by atoms with Gasteiger partial charge >= 0.3 is 0 Å². The van der Waals surface area contributed by atoms with Crippen molar-refractivity contribution < 1.29 is 0 Å². The van der Waals surface area contributed by atoms with Crippen molar-refractivity contribution in [1.29, 1.82) is 0 Å². The van der Waals surface area contributed by atoms with E-state index >= 15 is 0 Å². The molecule has 1 atom stereocenters. The van der Waals surface area contributed by atoms with E-state index in [1.807, 2.05) is 0 Å². The van der Waals surface area contributed by atoms with Crippen LogP contribution in [-0.2, 0) is 6.42 Å². The summed E-state index contributed by atoms with van der Waals surface area (Å²) in [6, 6.07) is 7.17. The average Bonchev–Trinajstić information content (AvgIpc) is 2.16. The monoisotopic (exact) mass is 239 g/mol. The quantitative estimate of drug-likeness (QED) is 0.791. The molecule has 0 spiro atoms. The Bertz CT molecular complexity index is 309. The molecule has 70 valence electrons. The molecule has 1 nitrogen and oxygen atoms in total. The van der Waals surface area contributed by atoms with E-state index in [-0.39, 0.29) is 0 Å². The van der Waals surface area contributed by atoms with Crippen LogP contribution in [0.3, 0.4) is 0 Å². The van der Waals surface area contributed by atoms with Crippen LogP contribution < -0.4 is 5.32 Å². The number of benzene rings is 1. The fourth-order valence-electron chi connectivity index (χ4n) is 1.83. The van der Waals surface area contributed by atoms with Gasteiger partial charge in [-0.05, 0) is 37.0 Å². The second-order valence-electron chi connectivity index (χ2n) is 3.59. The van der Waals surface area contributed by atoms with Gasteiger partial charge in [-0.3, -0.25) is 0 Å². The van der Waals surface area contributed by atoms with Crippen molar-refractivity contribution in [2.45, 2.75) is 32.2 Å². The Morgan fingerprint density at radius 1 is 1.54 bits per heavy atom. The Morgan fingerprint density at radius 2 is 2.38 bits per heavy atom. The molecule has 0 aliphatic carbocycles. The van der Waals surface area contributed by atoms with Gasteiger partial charge in [0, 0.05) is 16.2 Å². The minimum absolute atomic E-state index is 0.668. The van der Waals surface area contributed by atoms with Gasteiger partial charge in [-0.1, -0.05) is 28.9 Å². The van der Waals surface area contributed by atoms with Gasteiger partial charge in [0.1, 0.15) is 0 Å². The maximum absolute atomic E-state index is 3.56. The molecule has 0 radical (unpaired) electrons. The van der Waals surface area contributed by atoms with Gasteiger partial charge in [0.15, 0.2) is 0 Å². The minimum Gasteiger partial charge on any atom is -0.382 e. The number of anilines is 1. The Balaban J connectivity index is 2.27. The first kappa shape index (κ1) is 9.07. The van der Waals surface area contributed by atoms with Crippen LogP contribution in [-0.4, -0.2) is 6.04 Å². The maximum atomic E-state index is 3.56. The van der Waals surface area contributed by atoms with Crippen LogP contribution >= 0.6 is 15.9 Å². The molecule has 1 aliphatic heterocycles. The van der Waals surface area contributed by atoms with Crippen molar-refractivity contribution in [3.05, 3.63) is 28.2 Å². The van der Waals surface area contributed by atoms with Crippen molar-refractivity contribution in [2.24, 2.45) is 0 Å². The Hall–Kier alpha value is -0.500. The lowest BCUT2D eigenvalue weighted by Gasteiger charge is -2.26. The van der Waals surface area contributed by atoms with Gasteiger partial charge in [-0.25, -0.2) is 0 Å². The standard InChI is InChI=1S/C11H14BrN/c1-2-10-6-4-8-3-5-9(12)7-11(8)13-10/h3,5,7,10,13H,2,4,6H2,1H3. The molecule has 2 heteroatoms. The molecule has 0 bridgehead atoms. The number of hydrogen-bond acceptors (Lipinski definition) is 1. The molecular weight excluding hydrogens is 226 g/mol. The van der Waals surface area contributed by atoms with Crippen LogP contribution in [0.2, 0.25) is 0 Å². The summed E-state index contributed by atoms with van der Waals surface area (Å²) in [7, 11) is 0. The van der Waals surface area contributed by atoms with Crippen molar-refractivity contribution in [3.63, 3.8) is 0 Å². The average molecular weight is 240 g/mol. The fourth-order valence-corrected chi connectivity index (χ4v) is 2.19. The highest BCUT2D eigenvalue weighted by Gasteiger charge is 2.15. The van der Waals surface area contributed by atoms with E-state index < -0.39 is 0 Å². The zero-order valence-electron chi connectivity index (χ0n) is 7.81. The van der Waals surface area contributed by atoms with Gasteiger partial charge in [-0.2, -0.15) is 0 Å². The summed E-state index contributed by atoms with van der Waals surface area (Å²) < 4.78 is 1.16. The number of hydrogen-bond donors (Lipinski definition) is 1. The van der Waals surface area contributed by atoms with Crippen LogP contribution in [0, 0.1) is 0 Å². The van der Waals surface area contributed by atoms with Gasteiger partial charge < -0.3 is 5.32 Å². The van der Waals surface area contributed by atoms with Gasteiger partial charge in [0.2, 0.25) is 0 Å². The smallest absolute Gasteiger partial charge is 0.0386 e. The van der Waals surface area contributed by atoms with E-state index in [1.54, 1.807) is 0 Å². The molecule has 0 saturated carbocycles. The summed E-state index contributed by atoms with van der Waals surface area (Å²) in [6.07, 6.45) is 3.70. The van der Waals surface area contributed by atoms with Crippen LogP contribution in [0.15, 0.2) is 22.7 Å². The van der Waals surface area contributed by atoms with Crippen LogP contribution in [0.5, 0.6) is 0 Å². The topological polar surface area (TPSA) is 12.0 Å². The summed E-state index contributed by atoms with van der Waals surface area (Å²) in [5.41, 5.74) is 2.76. The van der Waals surface area contributed by atoms with Crippen molar-refractivity contribution >= 4 is 21.6 Å². The zero-order valence-corrected chi connectivity index (χ0v) is 9.39. The lowest BCUT2D eigenvalue weighted by atomic mass is 9.97. The summed E-state index contributed by atoms with van der Waals surface area (Å²) in [6.45, 7) is 2.24. The molecule has 2 rings (SSSR count). The first-order valence-corrected chi connectivity index (χ1v) is 5.64. The third-order valence-corrected chi connectivity index (χ3v) is 3.18. The maximum Gasteiger partial charge on any atom is 0.0386 e. The van der Waals surface area contributed by atoms with Crippen LogP contribution in [0.25, 0.3) is 0 Å². The van der Waals surface area contributed by atoms with Crippen LogP contribution in [0.4, 0.5) is 5.69 Å². The second-order valence-corrected chi connectivity index (χ2v) is 4.51. The number of halogens is 1. The SMILES string of the molecule is CCC1CCc2ccc(Br)cc2N1. The summed E-state index contributed by atoms with van der Waals surface area (Å²) in [5.74, 6) is 0. The molecular formula is C11H14BrN. The normalized spacial score (nSPS) is 20.6. The van der Waals surface area contributed by atoms with E-state index in [1.165, 1.54) is 30.5 Å². The predicted octanol–water partition coefficient (Wildman–Crippen LogP) is 3.59. The molecule has 0 fully saturated rings. The molecule has 1 aromatic carbocycles. The molecule has 1 heterocycles. The van der Waals surface area contributed by atoms with Gasteiger partial charge in [-0.15, -0.1) is 0 Å². The van der Waals surface area contributed by atoms with E-state index in [0.717, 1.165) is 4.47 Å². The van der Waals surface area contributed by atoms with E-state index in [4.69, 9.17) is 0 Å². The molecule has 1 aromatic rings. The molecule has 0 saturated heterocycles. The number of fused-ring (bicyclic) bond motifs is 1. The number of nitrogens with one attached hydrogen (secondary N) is 1. The summed E-state index contributed by atoms with van der Waals surface area (Å²) in [4.78, 5) is 0. The van der Waals surface area contributed by atoms with E-state index in [9.17, 15) is 0 Å². The number of aryl methyl sites for hydroxylation is 1. The Kier molecular flexibility index (Phi) is 2.58. The molecule has 0 amide bonds. The number of rotatable bonds is 1. The van der Waals surface area contributed by atoms with E-state index in [2.05, 4.69) is 46.4 Å². The molecule has 13 heavy (non-hydrogen) atoms. The highest BCUT2D eigenvalue weighted by atomic mass is 79.9. The highest BCUT2D eigenvalue weighted by Crippen LogP contribution is 2.28. The molecule has 1 N–H and O–H groups in total. The highest BCUT2D eigenvalue weighted by molar-refractivity contribution is 9.10. The zero-order chi connectivity index (χ0) is 9.26. The minimum atomic E-state index is 0.668. The predicted molar refractivity (Wildman–Crippen MR) is 60.2 cm³/mol. The summed E-state index contributed by atoms with van der Waals surface area (Å²) >= 11 is 3.49. The lowest BCUT2D eigenvalue weighted by molar-refractivity contribution is 0.614. The van der Waals surface area contributed by atoms with Crippen LogP contribution in [0.1, 0.15) is 25.3 Å². The molecule has 0 aromatic heterocycles. The third kappa shape index (κ3) is 1.88. The first-order chi connectivity index (χ1) is 6.29. The Labute approximate surface area is 87.7 Å². The molecule has 1 unspecified atom stereocenters. The first-order valence-electron chi connectivity index (χ1n) is 4.84. The van der Waals surface area contributed by atoms with Crippen molar-refractivity contribution in [1.82, 2.24) is 0 Å². The van der Waals surface area contributed by atoms with Crippen molar-refractivity contribution in [2.75, 3.05) is 5.32 Å². The third-order valence-electron chi connectivity index (χ3n) is 2.69. The molecule has 1 aliphatic rings. The second kappa shape index (κ2) is 3.70. The fraction of sp³-hybridized carbons (Fsp3) is 0.455. The van der Waals surface area contributed by atoms with Crippen molar-refractivity contribution in [3.8, 4) is 0 Å². The lowest BCUT2D eigenvalue weighted by Crippen LogP contribution is -2.24. The Morgan fingerprint density at radius 3 is 3.15 bits per heavy atom.